The van der Waals surface area contributed by atoms with Gasteiger partial charge in [0.05, 0.1) is 7.11 Å². The SMILES string of the molecule is CN=Cc1ccc(Cl)cc1OC. The Morgan fingerprint density at radius 3 is 2.83 bits per heavy atom. The van der Waals surface area contributed by atoms with Gasteiger partial charge in [-0.2, -0.15) is 0 Å². The Morgan fingerprint density at radius 2 is 2.25 bits per heavy atom. The third-order valence-corrected chi connectivity index (χ3v) is 1.70. The molecule has 0 N–H and O–H groups in total. The van der Waals surface area contributed by atoms with E-state index in [1.807, 2.05) is 6.07 Å². The number of nitrogens with zero attached hydrogens (tertiary/aromatic N) is 1. The van der Waals surface area contributed by atoms with Gasteiger partial charge < -0.3 is 4.74 Å². The second kappa shape index (κ2) is 4.12. The van der Waals surface area contributed by atoms with Gasteiger partial charge >= 0.3 is 0 Å². The van der Waals surface area contributed by atoms with Crippen LogP contribution in [0.4, 0.5) is 0 Å². The number of halogens is 1. The van der Waals surface area contributed by atoms with Crippen LogP contribution in [0.3, 0.4) is 0 Å². The molecule has 0 aliphatic carbocycles. The summed E-state index contributed by atoms with van der Waals surface area (Å²) in [5.74, 6) is 0.744. The van der Waals surface area contributed by atoms with Crippen molar-refractivity contribution >= 4 is 17.8 Å². The summed E-state index contributed by atoms with van der Waals surface area (Å²) in [4.78, 5) is 3.90. The number of methoxy groups -OCH3 is 1. The molecular weight excluding hydrogens is 174 g/mol. The average Bonchev–Trinajstić information content (AvgIpc) is 2.08. The molecule has 0 atom stereocenters. The highest BCUT2D eigenvalue weighted by Gasteiger charge is 1.99. The third kappa shape index (κ3) is 1.98. The molecule has 0 aromatic heterocycles. The number of benzene rings is 1. The highest BCUT2D eigenvalue weighted by Crippen LogP contribution is 2.21. The minimum absolute atomic E-state index is 0.667. The first kappa shape index (κ1) is 9.07. The van der Waals surface area contributed by atoms with Crippen molar-refractivity contribution in [1.29, 1.82) is 0 Å². The molecule has 0 saturated heterocycles. The van der Waals surface area contributed by atoms with Crippen LogP contribution >= 0.6 is 11.6 Å². The van der Waals surface area contributed by atoms with Crippen LogP contribution in [-0.4, -0.2) is 20.4 Å². The molecule has 1 aromatic rings. The van der Waals surface area contributed by atoms with Crippen molar-refractivity contribution in [1.82, 2.24) is 0 Å². The van der Waals surface area contributed by atoms with Crippen LogP contribution in [0.5, 0.6) is 5.75 Å². The van der Waals surface area contributed by atoms with Crippen molar-refractivity contribution in [3.63, 3.8) is 0 Å². The van der Waals surface area contributed by atoms with Gasteiger partial charge in [-0.05, 0) is 18.2 Å². The van der Waals surface area contributed by atoms with Gasteiger partial charge in [-0.3, -0.25) is 4.99 Å². The number of hydrogen-bond acceptors (Lipinski definition) is 2. The molecule has 1 rings (SSSR count). The maximum Gasteiger partial charge on any atom is 0.129 e. The fourth-order valence-electron chi connectivity index (χ4n) is 0.931. The van der Waals surface area contributed by atoms with Gasteiger partial charge in [-0.1, -0.05) is 11.6 Å². The first-order chi connectivity index (χ1) is 5.77. The molecular formula is C9H10ClNO. The van der Waals surface area contributed by atoms with Gasteiger partial charge in [-0.15, -0.1) is 0 Å². The van der Waals surface area contributed by atoms with Crippen molar-refractivity contribution in [3.05, 3.63) is 28.8 Å². The lowest BCUT2D eigenvalue weighted by molar-refractivity contribution is 0.414. The second-order valence-electron chi connectivity index (χ2n) is 2.27. The Balaban J connectivity index is 3.10. The van der Waals surface area contributed by atoms with E-state index in [9.17, 15) is 0 Å². The molecule has 0 radical (unpaired) electrons. The molecule has 0 aliphatic heterocycles. The summed E-state index contributed by atoms with van der Waals surface area (Å²) in [5.41, 5.74) is 0.935. The topological polar surface area (TPSA) is 21.6 Å². The van der Waals surface area contributed by atoms with Crippen molar-refractivity contribution < 1.29 is 4.74 Å². The molecule has 0 unspecified atom stereocenters. The predicted octanol–water partition coefficient (Wildman–Crippen LogP) is 2.40. The number of ether oxygens (including phenoxy) is 1. The fraction of sp³-hybridized carbons (Fsp3) is 0.222. The maximum atomic E-state index is 5.77. The van der Waals surface area contributed by atoms with Crippen LogP contribution in [0, 0.1) is 0 Å². The fourth-order valence-corrected chi connectivity index (χ4v) is 1.09. The average molecular weight is 184 g/mol. The van der Waals surface area contributed by atoms with E-state index in [1.54, 1.807) is 32.5 Å². The Bertz CT molecular complexity index is 297. The summed E-state index contributed by atoms with van der Waals surface area (Å²) in [5, 5.41) is 0.667. The van der Waals surface area contributed by atoms with E-state index in [1.165, 1.54) is 0 Å². The van der Waals surface area contributed by atoms with E-state index in [-0.39, 0.29) is 0 Å². The standard InChI is InChI=1S/C9H10ClNO/c1-11-6-7-3-4-8(10)5-9(7)12-2/h3-6H,1-2H3. The highest BCUT2D eigenvalue weighted by atomic mass is 35.5. The minimum Gasteiger partial charge on any atom is -0.496 e. The normalized spacial score (nSPS) is 10.6. The molecule has 0 spiro atoms. The van der Waals surface area contributed by atoms with Gasteiger partial charge in [0.25, 0.3) is 0 Å². The van der Waals surface area contributed by atoms with Crippen LogP contribution in [0.25, 0.3) is 0 Å². The lowest BCUT2D eigenvalue weighted by atomic mass is 10.2. The molecule has 1 aromatic carbocycles. The molecule has 0 aliphatic rings. The van der Waals surface area contributed by atoms with Gasteiger partial charge in [-0.25, -0.2) is 0 Å². The van der Waals surface area contributed by atoms with Crippen LogP contribution in [0.15, 0.2) is 23.2 Å². The van der Waals surface area contributed by atoms with Crippen LogP contribution < -0.4 is 4.74 Å². The van der Waals surface area contributed by atoms with Crippen molar-refractivity contribution in [2.75, 3.05) is 14.2 Å². The summed E-state index contributed by atoms with van der Waals surface area (Å²) >= 11 is 5.77. The summed E-state index contributed by atoms with van der Waals surface area (Å²) in [6.07, 6.45) is 1.73. The van der Waals surface area contributed by atoms with Crippen LogP contribution in [0.1, 0.15) is 5.56 Å². The highest BCUT2D eigenvalue weighted by molar-refractivity contribution is 6.30. The van der Waals surface area contributed by atoms with E-state index >= 15 is 0 Å². The van der Waals surface area contributed by atoms with Gasteiger partial charge in [0, 0.05) is 23.8 Å². The van der Waals surface area contributed by atoms with E-state index < -0.39 is 0 Å². The maximum absolute atomic E-state index is 5.77. The molecule has 0 saturated carbocycles. The lowest BCUT2D eigenvalue weighted by Gasteiger charge is -2.03. The van der Waals surface area contributed by atoms with Crippen LogP contribution in [-0.2, 0) is 0 Å². The summed E-state index contributed by atoms with van der Waals surface area (Å²) in [6, 6.07) is 5.44. The quantitative estimate of drug-likeness (QED) is 0.646. The molecule has 64 valence electrons. The second-order valence-corrected chi connectivity index (χ2v) is 2.71. The number of aliphatic imine (C=N–C) groups is 1. The van der Waals surface area contributed by atoms with Gasteiger partial charge in [0.1, 0.15) is 5.75 Å². The van der Waals surface area contributed by atoms with E-state index in [4.69, 9.17) is 16.3 Å². The van der Waals surface area contributed by atoms with Gasteiger partial charge in [0.2, 0.25) is 0 Å². The smallest absolute Gasteiger partial charge is 0.129 e. The number of hydrogen-bond donors (Lipinski definition) is 0. The van der Waals surface area contributed by atoms with E-state index in [0.29, 0.717) is 5.02 Å². The Kier molecular flexibility index (Phi) is 3.11. The Hall–Kier alpha value is -1.02. The minimum atomic E-state index is 0.667. The third-order valence-electron chi connectivity index (χ3n) is 1.46. The first-order valence-electron chi connectivity index (χ1n) is 3.53. The molecule has 2 nitrogen and oxygen atoms in total. The van der Waals surface area contributed by atoms with Crippen molar-refractivity contribution in [2.24, 2.45) is 4.99 Å². The molecule has 0 heterocycles. The zero-order valence-electron chi connectivity index (χ0n) is 7.04. The molecule has 3 heteroatoms. The summed E-state index contributed by atoms with van der Waals surface area (Å²) in [7, 11) is 3.33. The zero-order chi connectivity index (χ0) is 8.97. The summed E-state index contributed by atoms with van der Waals surface area (Å²) < 4.78 is 5.10. The molecule has 12 heavy (non-hydrogen) atoms. The monoisotopic (exact) mass is 183 g/mol. The van der Waals surface area contributed by atoms with E-state index in [0.717, 1.165) is 11.3 Å². The first-order valence-corrected chi connectivity index (χ1v) is 3.91. The number of rotatable bonds is 2. The molecule has 0 amide bonds. The van der Waals surface area contributed by atoms with Crippen molar-refractivity contribution in [3.8, 4) is 5.75 Å². The Morgan fingerprint density at radius 1 is 1.50 bits per heavy atom. The molecule has 0 bridgehead atoms. The molecule has 0 fully saturated rings. The zero-order valence-corrected chi connectivity index (χ0v) is 7.80. The van der Waals surface area contributed by atoms with Gasteiger partial charge in [0.15, 0.2) is 0 Å². The van der Waals surface area contributed by atoms with Crippen molar-refractivity contribution in [2.45, 2.75) is 0 Å². The summed E-state index contributed by atoms with van der Waals surface area (Å²) in [6.45, 7) is 0. The Labute approximate surface area is 76.8 Å². The van der Waals surface area contributed by atoms with E-state index in [2.05, 4.69) is 4.99 Å². The lowest BCUT2D eigenvalue weighted by Crippen LogP contribution is -1.89. The van der Waals surface area contributed by atoms with Crippen LogP contribution in [0.2, 0.25) is 5.02 Å². The largest absolute Gasteiger partial charge is 0.496 e. The predicted molar refractivity (Wildman–Crippen MR) is 51.5 cm³/mol.